The lowest BCUT2D eigenvalue weighted by Gasteiger charge is -2.12. The Balaban J connectivity index is 2.97. The number of sulfonamides is 1. The molecule has 7 nitrogen and oxygen atoms in total. The van der Waals surface area contributed by atoms with Gasteiger partial charge in [0.1, 0.15) is 10.6 Å². The number of hydrogen-bond donors (Lipinski definition) is 3. The molecule has 0 radical (unpaired) electrons. The van der Waals surface area contributed by atoms with Crippen molar-refractivity contribution < 1.29 is 17.9 Å². The molecular weight excluding hydrogens is 282 g/mol. The number of aryl methyl sites for hydroxylation is 1. The lowest BCUT2D eigenvalue weighted by atomic mass is 10.2. The molecule has 4 N–H and O–H groups in total. The number of nitrogens with two attached hydrogens (primary N) is 1. The molecule has 0 bridgehead atoms. The van der Waals surface area contributed by atoms with Gasteiger partial charge in [-0.15, -0.1) is 0 Å². The van der Waals surface area contributed by atoms with Crippen LogP contribution in [0.1, 0.15) is 12.0 Å². The van der Waals surface area contributed by atoms with Gasteiger partial charge >= 0.3 is 0 Å². The fourth-order valence-corrected chi connectivity index (χ4v) is 2.76. The van der Waals surface area contributed by atoms with Crippen LogP contribution in [-0.4, -0.2) is 35.0 Å². The molecule has 0 atom stereocenters. The molecular formula is C12H19N3O4S. The first-order valence-corrected chi connectivity index (χ1v) is 7.44. The maximum atomic E-state index is 12.2. The second-order valence-corrected chi connectivity index (χ2v) is 5.92. The van der Waals surface area contributed by atoms with E-state index in [4.69, 9.17) is 10.5 Å². The Labute approximate surface area is 118 Å². The van der Waals surface area contributed by atoms with Crippen molar-refractivity contribution in [3.8, 4) is 5.75 Å². The zero-order valence-corrected chi connectivity index (χ0v) is 12.5. The van der Waals surface area contributed by atoms with Crippen molar-refractivity contribution >= 4 is 21.6 Å². The van der Waals surface area contributed by atoms with Crippen LogP contribution in [-0.2, 0) is 14.8 Å². The average molecular weight is 301 g/mol. The van der Waals surface area contributed by atoms with Crippen molar-refractivity contribution in [1.29, 1.82) is 0 Å². The lowest BCUT2D eigenvalue weighted by molar-refractivity contribution is -0.120. The number of amides is 1. The highest BCUT2D eigenvalue weighted by atomic mass is 32.2. The maximum absolute atomic E-state index is 12.2. The summed E-state index contributed by atoms with van der Waals surface area (Å²) in [7, 11) is -0.911. The molecule has 0 heterocycles. The van der Waals surface area contributed by atoms with E-state index >= 15 is 0 Å². The molecule has 1 aromatic rings. The molecule has 0 aliphatic carbocycles. The molecule has 0 fully saturated rings. The summed E-state index contributed by atoms with van der Waals surface area (Å²) in [5, 5.41) is 2.41. The predicted octanol–water partition coefficient (Wildman–Crippen LogP) is 0.000220. The molecule has 1 amide bonds. The molecule has 0 unspecified atom stereocenters. The lowest BCUT2D eigenvalue weighted by Crippen LogP contribution is -2.29. The summed E-state index contributed by atoms with van der Waals surface area (Å²) < 4.78 is 31.7. The van der Waals surface area contributed by atoms with Gasteiger partial charge in [-0.1, -0.05) is 0 Å². The molecule has 1 aromatic carbocycles. The second-order valence-electron chi connectivity index (χ2n) is 4.18. The van der Waals surface area contributed by atoms with Crippen LogP contribution < -0.4 is 20.5 Å². The second kappa shape index (κ2) is 6.58. The average Bonchev–Trinajstić information content (AvgIpc) is 2.40. The highest BCUT2D eigenvalue weighted by Gasteiger charge is 2.20. The third-order valence-corrected chi connectivity index (χ3v) is 4.25. The van der Waals surface area contributed by atoms with Crippen molar-refractivity contribution in [3.63, 3.8) is 0 Å². The van der Waals surface area contributed by atoms with Crippen LogP contribution in [0.2, 0.25) is 0 Å². The standard InChI is InChI=1S/C12H19N3O4S/c1-8-6-10(19-3)11(7-9(8)13)20(17,18)15-5-4-12(16)14-2/h6-7,15H,4-5,13H2,1-3H3,(H,14,16). The highest BCUT2D eigenvalue weighted by Crippen LogP contribution is 2.28. The van der Waals surface area contributed by atoms with Gasteiger partial charge in [0, 0.05) is 25.7 Å². The molecule has 0 aromatic heterocycles. The van der Waals surface area contributed by atoms with Crippen molar-refractivity contribution in [1.82, 2.24) is 10.0 Å². The summed E-state index contributed by atoms with van der Waals surface area (Å²) in [4.78, 5) is 11.0. The Morgan fingerprint density at radius 1 is 1.40 bits per heavy atom. The topological polar surface area (TPSA) is 111 Å². The van der Waals surface area contributed by atoms with Gasteiger partial charge in [-0.2, -0.15) is 0 Å². The number of ether oxygens (including phenoxy) is 1. The smallest absolute Gasteiger partial charge is 0.244 e. The number of carbonyl (C=O) groups is 1. The first-order valence-electron chi connectivity index (χ1n) is 5.96. The fraction of sp³-hybridized carbons (Fsp3) is 0.417. The normalized spacial score (nSPS) is 11.2. The summed E-state index contributed by atoms with van der Waals surface area (Å²) in [6.45, 7) is 1.76. The van der Waals surface area contributed by atoms with Crippen LogP contribution in [0.3, 0.4) is 0 Å². The largest absolute Gasteiger partial charge is 0.495 e. The first-order chi connectivity index (χ1) is 9.31. The van der Waals surface area contributed by atoms with Gasteiger partial charge in [0.05, 0.1) is 7.11 Å². The fourth-order valence-electron chi connectivity index (χ4n) is 1.55. The quantitative estimate of drug-likeness (QED) is 0.641. The van der Waals surface area contributed by atoms with Crippen molar-refractivity contribution in [2.24, 2.45) is 0 Å². The number of nitrogens with one attached hydrogen (secondary N) is 2. The van der Waals surface area contributed by atoms with E-state index in [1.165, 1.54) is 20.2 Å². The summed E-state index contributed by atoms with van der Waals surface area (Å²) in [5.41, 5.74) is 6.81. The molecule has 0 spiro atoms. The minimum absolute atomic E-state index is 0.00105. The van der Waals surface area contributed by atoms with Gasteiger partial charge in [-0.3, -0.25) is 4.79 Å². The van der Waals surface area contributed by atoms with E-state index < -0.39 is 10.0 Å². The van der Waals surface area contributed by atoms with Crippen molar-refractivity contribution in [2.75, 3.05) is 26.4 Å². The van der Waals surface area contributed by atoms with Crippen LogP contribution in [0.5, 0.6) is 5.75 Å². The van der Waals surface area contributed by atoms with Crippen LogP contribution >= 0.6 is 0 Å². The van der Waals surface area contributed by atoms with E-state index in [0.717, 1.165) is 5.56 Å². The molecule has 0 aliphatic heterocycles. The third kappa shape index (κ3) is 3.84. The van der Waals surface area contributed by atoms with E-state index in [1.807, 2.05) is 0 Å². The molecule has 0 aliphatic rings. The van der Waals surface area contributed by atoms with Gasteiger partial charge in [0.2, 0.25) is 15.9 Å². The Kier molecular flexibility index (Phi) is 5.34. The van der Waals surface area contributed by atoms with E-state index in [-0.39, 0.29) is 29.5 Å². The number of benzene rings is 1. The molecule has 1 rings (SSSR count). The van der Waals surface area contributed by atoms with Gasteiger partial charge in [-0.05, 0) is 24.6 Å². The minimum atomic E-state index is -3.78. The minimum Gasteiger partial charge on any atom is -0.495 e. The Bertz CT molecular complexity index is 599. The number of nitrogen functional groups attached to an aromatic ring is 1. The Morgan fingerprint density at radius 2 is 2.05 bits per heavy atom. The summed E-state index contributed by atoms with van der Waals surface area (Å²) >= 11 is 0. The number of anilines is 1. The highest BCUT2D eigenvalue weighted by molar-refractivity contribution is 7.89. The van der Waals surface area contributed by atoms with E-state index in [9.17, 15) is 13.2 Å². The summed E-state index contributed by atoms with van der Waals surface area (Å²) in [5.74, 6) is -0.0350. The van der Waals surface area contributed by atoms with Gasteiger partial charge in [0.25, 0.3) is 0 Å². The number of rotatable bonds is 6. The number of methoxy groups -OCH3 is 1. The Morgan fingerprint density at radius 3 is 2.60 bits per heavy atom. The molecule has 0 saturated heterocycles. The molecule has 112 valence electrons. The van der Waals surface area contributed by atoms with Gasteiger partial charge in [0.15, 0.2) is 0 Å². The van der Waals surface area contributed by atoms with Crippen LogP contribution in [0, 0.1) is 6.92 Å². The molecule has 0 saturated carbocycles. The van der Waals surface area contributed by atoms with Gasteiger partial charge < -0.3 is 15.8 Å². The monoisotopic (exact) mass is 301 g/mol. The van der Waals surface area contributed by atoms with Crippen LogP contribution in [0.25, 0.3) is 0 Å². The third-order valence-electron chi connectivity index (χ3n) is 2.76. The van der Waals surface area contributed by atoms with E-state index in [0.29, 0.717) is 5.69 Å². The first kappa shape index (κ1) is 16.3. The summed E-state index contributed by atoms with van der Waals surface area (Å²) in [6, 6.07) is 2.90. The van der Waals surface area contributed by atoms with Crippen LogP contribution in [0.4, 0.5) is 5.69 Å². The van der Waals surface area contributed by atoms with E-state index in [2.05, 4.69) is 10.0 Å². The Hall–Kier alpha value is -1.80. The van der Waals surface area contributed by atoms with Gasteiger partial charge in [-0.25, -0.2) is 13.1 Å². The summed E-state index contributed by atoms with van der Waals surface area (Å²) in [6.07, 6.45) is 0.0549. The zero-order valence-electron chi connectivity index (χ0n) is 11.7. The SMILES string of the molecule is CNC(=O)CCNS(=O)(=O)c1cc(N)c(C)cc1OC. The van der Waals surface area contributed by atoms with Crippen LogP contribution in [0.15, 0.2) is 17.0 Å². The maximum Gasteiger partial charge on any atom is 0.244 e. The predicted molar refractivity (Wildman–Crippen MR) is 76.0 cm³/mol. The molecule has 20 heavy (non-hydrogen) atoms. The number of carbonyl (C=O) groups excluding carboxylic acids is 1. The van der Waals surface area contributed by atoms with Crippen molar-refractivity contribution in [3.05, 3.63) is 17.7 Å². The molecule has 8 heteroatoms. The van der Waals surface area contributed by atoms with E-state index in [1.54, 1.807) is 13.0 Å². The van der Waals surface area contributed by atoms with Crippen molar-refractivity contribution in [2.45, 2.75) is 18.2 Å². The number of hydrogen-bond acceptors (Lipinski definition) is 5. The zero-order chi connectivity index (χ0) is 15.3.